The Morgan fingerprint density at radius 3 is 2.54 bits per heavy atom. The van der Waals surface area contributed by atoms with Crippen molar-refractivity contribution >= 4 is 23.3 Å². The van der Waals surface area contributed by atoms with Gasteiger partial charge in [0.2, 0.25) is 5.91 Å². The van der Waals surface area contributed by atoms with Gasteiger partial charge in [0.05, 0.1) is 6.04 Å². The highest BCUT2D eigenvalue weighted by Crippen LogP contribution is 2.33. The minimum absolute atomic E-state index is 0.0433. The highest BCUT2D eigenvalue weighted by atomic mass is 35.5. The van der Waals surface area contributed by atoms with Crippen LogP contribution in [0.4, 0.5) is 0 Å². The largest absolute Gasteiger partial charge is 0.336 e. The van der Waals surface area contributed by atoms with Crippen molar-refractivity contribution in [3.63, 3.8) is 0 Å². The van der Waals surface area contributed by atoms with E-state index in [1.807, 2.05) is 61.2 Å². The number of likely N-dealkylation sites (tertiary alicyclic amines) is 1. The van der Waals surface area contributed by atoms with Crippen LogP contribution in [0.25, 0.3) is 0 Å². The molecule has 3 nitrogen and oxygen atoms in total. The number of Topliss-reactive ketones (excluding diaryl/α,β-unsaturated/α-hetero) is 1. The molecule has 0 bridgehead atoms. The molecule has 1 unspecified atom stereocenters. The van der Waals surface area contributed by atoms with Crippen molar-refractivity contribution in [3.8, 4) is 0 Å². The summed E-state index contributed by atoms with van der Waals surface area (Å²) in [6, 6.07) is 13.7. The van der Waals surface area contributed by atoms with Crippen molar-refractivity contribution in [2.75, 3.05) is 6.54 Å². The van der Waals surface area contributed by atoms with E-state index in [0.717, 1.165) is 41.6 Å². The molecule has 1 saturated heterocycles. The molecule has 1 amide bonds. The number of nitrogens with zero attached hydrogens (tertiary/aromatic N) is 1. The van der Waals surface area contributed by atoms with Crippen LogP contribution in [0.3, 0.4) is 0 Å². The quantitative estimate of drug-likeness (QED) is 0.672. The van der Waals surface area contributed by atoms with Gasteiger partial charge in [-0.15, -0.1) is 0 Å². The fourth-order valence-corrected chi connectivity index (χ4v) is 3.76. The van der Waals surface area contributed by atoms with Crippen molar-refractivity contribution in [1.29, 1.82) is 0 Å². The van der Waals surface area contributed by atoms with Crippen LogP contribution in [0.15, 0.2) is 42.5 Å². The van der Waals surface area contributed by atoms with Crippen molar-refractivity contribution in [3.05, 3.63) is 69.7 Å². The van der Waals surface area contributed by atoms with Gasteiger partial charge in [0.15, 0.2) is 5.78 Å². The third-order valence-corrected chi connectivity index (χ3v) is 5.34. The number of carbonyl (C=O) groups excluding carboxylic acids is 2. The fraction of sp³-hybridized carbons (Fsp3) is 0.364. The second kappa shape index (κ2) is 8.05. The van der Waals surface area contributed by atoms with E-state index >= 15 is 0 Å². The standard InChI is InChI=1S/C22H24ClNO2/c1-15-5-6-16(2)19(14-15)21(25)11-12-22(26)24-13-3-4-20(24)17-7-9-18(23)10-8-17/h5-10,14,20H,3-4,11-13H2,1-2H3. The molecular formula is C22H24ClNO2. The van der Waals surface area contributed by atoms with Crippen molar-refractivity contribution in [2.24, 2.45) is 0 Å². The summed E-state index contributed by atoms with van der Waals surface area (Å²) < 4.78 is 0. The van der Waals surface area contributed by atoms with Crippen LogP contribution in [-0.2, 0) is 4.79 Å². The zero-order chi connectivity index (χ0) is 18.7. The summed E-state index contributed by atoms with van der Waals surface area (Å²) in [7, 11) is 0. The molecule has 1 atom stereocenters. The van der Waals surface area contributed by atoms with Gasteiger partial charge in [0, 0.05) is 30.0 Å². The Kier molecular flexibility index (Phi) is 5.77. The molecule has 0 radical (unpaired) electrons. The average Bonchev–Trinajstić information content (AvgIpc) is 3.12. The molecule has 0 N–H and O–H groups in total. The summed E-state index contributed by atoms with van der Waals surface area (Å²) >= 11 is 5.97. The van der Waals surface area contributed by atoms with E-state index in [9.17, 15) is 9.59 Å². The average molecular weight is 370 g/mol. The zero-order valence-corrected chi connectivity index (χ0v) is 16.1. The summed E-state index contributed by atoms with van der Waals surface area (Å²) in [4.78, 5) is 27.2. The number of carbonyl (C=O) groups is 2. The lowest BCUT2D eigenvalue weighted by atomic mass is 9.99. The highest BCUT2D eigenvalue weighted by Gasteiger charge is 2.29. The van der Waals surface area contributed by atoms with Gasteiger partial charge in [-0.25, -0.2) is 0 Å². The minimum atomic E-state index is 0.0433. The van der Waals surface area contributed by atoms with E-state index in [2.05, 4.69) is 0 Å². The third kappa shape index (κ3) is 4.16. The van der Waals surface area contributed by atoms with E-state index in [-0.39, 0.29) is 30.6 Å². The normalized spacial score (nSPS) is 16.7. The number of amides is 1. The number of halogens is 1. The summed E-state index contributed by atoms with van der Waals surface area (Å²) in [5.41, 5.74) is 3.87. The zero-order valence-electron chi connectivity index (χ0n) is 15.3. The van der Waals surface area contributed by atoms with Crippen LogP contribution in [0, 0.1) is 13.8 Å². The molecule has 26 heavy (non-hydrogen) atoms. The van der Waals surface area contributed by atoms with Gasteiger partial charge in [-0.3, -0.25) is 9.59 Å². The Hall–Kier alpha value is -2.13. The van der Waals surface area contributed by atoms with Crippen LogP contribution < -0.4 is 0 Å². The predicted molar refractivity (Wildman–Crippen MR) is 105 cm³/mol. The van der Waals surface area contributed by atoms with Crippen molar-refractivity contribution < 1.29 is 9.59 Å². The first-order valence-corrected chi connectivity index (χ1v) is 9.49. The molecule has 136 valence electrons. The molecule has 1 aliphatic rings. The molecular weight excluding hydrogens is 346 g/mol. The van der Waals surface area contributed by atoms with Crippen LogP contribution in [-0.4, -0.2) is 23.1 Å². The molecule has 1 heterocycles. The molecule has 3 rings (SSSR count). The first-order valence-electron chi connectivity index (χ1n) is 9.11. The molecule has 4 heteroatoms. The summed E-state index contributed by atoms with van der Waals surface area (Å²) in [5, 5.41) is 0.698. The van der Waals surface area contributed by atoms with Gasteiger partial charge >= 0.3 is 0 Å². The van der Waals surface area contributed by atoms with Gasteiger partial charge < -0.3 is 4.90 Å². The second-order valence-corrected chi connectivity index (χ2v) is 7.47. The number of ketones is 1. The first-order chi connectivity index (χ1) is 12.5. The lowest BCUT2D eigenvalue weighted by Crippen LogP contribution is -2.30. The molecule has 1 aliphatic heterocycles. The molecule has 0 aromatic heterocycles. The number of aryl methyl sites for hydroxylation is 2. The highest BCUT2D eigenvalue weighted by molar-refractivity contribution is 6.30. The van der Waals surface area contributed by atoms with Crippen molar-refractivity contribution in [2.45, 2.75) is 45.6 Å². The predicted octanol–water partition coefficient (Wildman–Crippen LogP) is 5.28. The summed E-state index contributed by atoms with van der Waals surface area (Å²) in [6.07, 6.45) is 2.46. The molecule has 0 saturated carbocycles. The molecule has 0 spiro atoms. The van der Waals surface area contributed by atoms with E-state index in [1.54, 1.807) is 0 Å². The maximum absolute atomic E-state index is 12.7. The Balaban J connectivity index is 1.64. The Morgan fingerprint density at radius 2 is 1.81 bits per heavy atom. The molecule has 1 fully saturated rings. The fourth-order valence-electron chi connectivity index (χ4n) is 3.63. The topological polar surface area (TPSA) is 37.4 Å². The van der Waals surface area contributed by atoms with Crippen LogP contribution in [0.2, 0.25) is 5.02 Å². The van der Waals surface area contributed by atoms with E-state index in [1.165, 1.54) is 0 Å². The van der Waals surface area contributed by atoms with Crippen LogP contribution >= 0.6 is 11.6 Å². The number of rotatable bonds is 5. The second-order valence-electron chi connectivity index (χ2n) is 7.04. The van der Waals surface area contributed by atoms with Gasteiger partial charge in [-0.1, -0.05) is 41.4 Å². The van der Waals surface area contributed by atoms with Crippen molar-refractivity contribution in [1.82, 2.24) is 4.90 Å². The van der Waals surface area contributed by atoms with E-state index in [0.29, 0.717) is 5.02 Å². The number of hydrogen-bond acceptors (Lipinski definition) is 2. The Labute approximate surface area is 160 Å². The Bertz CT molecular complexity index is 813. The molecule has 0 aliphatic carbocycles. The SMILES string of the molecule is Cc1ccc(C)c(C(=O)CCC(=O)N2CCCC2c2ccc(Cl)cc2)c1. The maximum Gasteiger partial charge on any atom is 0.223 e. The summed E-state index contributed by atoms with van der Waals surface area (Å²) in [6.45, 7) is 4.66. The Morgan fingerprint density at radius 1 is 1.08 bits per heavy atom. The third-order valence-electron chi connectivity index (χ3n) is 5.09. The molecule has 2 aromatic carbocycles. The van der Waals surface area contributed by atoms with Gasteiger partial charge in [0.25, 0.3) is 0 Å². The monoisotopic (exact) mass is 369 g/mol. The van der Waals surface area contributed by atoms with Crippen LogP contribution in [0.5, 0.6) is 0 Å². The first kappa shape index (κ1) is 18.7. The van der Waals surface area contributed by atoms with E-state index in [4.69, 9.17) is 11.6 Å². The minimum Gasteiger partial charge on any atom is -0.336 e. The van der Waals surface area contributed by atoms with Gasteiger partial charge in [-0.05, 0) is 56.0 Å². The van der Waals surface area contributed by atoms with Crippen LogP contribution in [0.1, 0.15) is 58.8 Å². The molecule has 2 aromatic rings. The number of benzene rings is 2. The lowest BCUT2D eigenvalue weighted by Gasteiger charge is -2.25. The summed E-state index contributed by atoms with van der Waals surface area (Å²) in [5.74, 6) is 0.0999. The number of hydrogen-bond donors (Lipinski definition) is 0. The van der Waals surface area contributed by atoms with E-state index < -0.39 is 0 Å². The maximum atomic E-state index is 12.7. The lowest BCUT2D eigenvalue weighted by molar-refractivity contribution is -0.132. The smallest absolute Gasteiger partial charge is 0.223 e. The van der Waals surface area contributed by atoms with Gasteiger partial charge in [0.1, 0.15) is 0 Å². The van der Waals surface area contributed by atoms with Gasteiger partial charge in [-0.2, -0.15) is 0 Å².